The van der Waals surface area contributed by atoms with E-state index in [1.807, 2.05) is 24.3 Å². The number of urea groups is 1. The van der Waals surface area contributed by atoms with Crippen LogP contribution in [0, 0.1) is 0 Å². The van der Waals surface area contributed by atoms with Gasteiger partial charge in [-0.25, -0.2) is 4.79 Å². The first kappa shape index (κ1) is 16.1. The Morgan fingerprint density at radius 3 is 2.29 bits per heavy atom. The van der Waals surface area contributed by atoms with Crippen molar-refractivity contribution in [3.8, 4) is 0 Å². The molecule has 0 aliphatic carbocycles. The van der Waals surface area contributed by atoms with Crippen LogP contribution in [0.15, 0.2) is 46.9 Å². The van der Waals surface area contributed by atoms with Gasteiger partial charge in [0.2, 0.25) is 0 Å². The fraction of sp³-hybridized carbons (Fsp3) is 0.133. The molecule has 2 rings (SSSR count). The van der Waals surface area contributed by atoms with Crippen molar-refractivity contribution in [3.63, 3.8) is 0 Å². The van der Waals surface area contributed by atoms with E-state index in [1.165, 1.54) is 0 Å². The Balaban J connectivity index is 2.00. The monoisotopic (exact) mass is 386 g/mol. The smallest absolute Gasteiger partial charge is 0.321 e. The summed E-state index contributed by atoms with van der Waals surface area (Å²) >= 11 is 15.2. The number of anilines is 1. The molecular weight excluding hydrogens is 375 g/mol. The fourth-order valence-corrected chi connectivity index (χ4v) is 2.57. The normalized spacial score (nSPS) is 10.3. The molecule has 6 heteroatoms. The van der Waals surface area contributed by atoms with Crippen molar-refractivity contribution in [2.75, 3.05) is 12.4 Å². The minimum absolute atomic E-state index is 0.226. The number of nitrogens with zero attached hydrogens (tertiary/aromatic N) is 1. The first-order valence-electron chi connectivity index (χ1n) is 6.17. The van der Waals surface area contributed by atoms with Crippen molar-refractivity contribution >= 4 is 50.9 Å². The lowest BCUT2D eigenvalue weighted by atomic mass is 10.2. The van der Waals surface area contributed by atoms with Crippen molar-refractivity contribution in [1.29, 1.82) is 0 Å². The van der Waals surface area contributed by atoms with Crippen LogP contribution in [-0.2, 0) is 6.54 Å². The van der Waals surface area contributed by atoms with Crippen LogP contribution in [0.2, 0.25) is 10.0 Å². The molecular formula is C15H13BrCl2N2O. The third-order valence-corrected chi connectivity index (χ3v) is 3.76. The molecule has 0 saturated carbocycles. The molecule has 0 aliphatic rings. The first-order valence-corrected chi connectivity index (χ1v) is 7.71. The van der Waals surface area contributed by atoms with Crippen LogP contribution >= 0.6 is 39.1 Å². The summed E-state index contributed by atoms with van der Waals surface area (Å²) in [5, 5.41) is 3.72. The van der Waals surface area contributed by atoms with E-state index in [1.54, 1.807) is 30.1 Å². The van der Waals surface area contributed by atoms with E-state index in [4.69, 9.17) is 23.2 Å². The summed E-state index contributed by atoms with van der Waals surface area (Å²) in [5.74, 6) is 0. The quantitative estimate of drug-likeness (QED) is 0.749. The topological polar surface area (TPSA) is 32.3 Å². The molecule has 21 heavy (non-hydrogen) atoms. The van der Waals surface area contributed by atoms with Gasteiger partial charge in [0.05, 0.1) is 0 Å². The van der Waals surface area contributed by atoms with E-state index in [9.17, 15) is 4.79 Å². The largest absolute Gasteiger partial charge is 0.323 e. The molecule has 0 radical (unpaired) electrons. The average molecular weight is 388 g/mol. The Bertz CT molecular complexity index is 626. The van der Waals surface area contributed by atoms with Gasteiger partial charge in [0, 0.05) is 33.8 Å². The zero-order valence-corrected chi connectivity index (χ0v) is 14.3. The summed E-state index contributed by atoms with van der Waals surface area (Å²) in [6.45, 7) is 0.507. The molecule has 1 N–H and O–H groups in total. The minimum Gasteiger partial charge on any atom is -0.323 e. The van der Waals surface area contributed by atoms with Gasteiger partial charge in [-0.1, -0.05) is 51.3 Å². The van der Waals surface area contributed by atoms with Crippen LogP contribution in [0.4, 0.5) is 10.5 Å². The van der Waals surface area contributed by atoms with Gasteiger partial charge in [0.25, 0.3) is 0 Å². The summed E-state index contributed by atoms with van der Waals surface area (Å²) in [6, 6.07) is 12.5. The lowest BCUT2D eigenvalue weighted by molar-refractivity contribution is 0.220. The molecule has 110 valence electrons. The van der Waals surface area contributed by atoms with E-state index in [0.29, 0.717) is 22.3 Å². The molecule has 2 amide bonds. The van der Waals surface area contributed by atoms with Crippen LogP contribution in [0.3, 0.4) is 0 Å². The van der Waals surface area contributed by atoms with E-state index in [0.717, 1.165) is 10.0 Å². The maximum Gasteiger partial charge on any atom is 0.321 e. The van der Waals surface area contributed by atoms with Gasteiger partial charge < -0.3 is 10.2 Å². The number of rotatable bonds is 3. The molecule has 0 aromatic heterocycles. The van der Waals surface area contributed by atoms with Gasteiger partial charge in [-0.2, -0.15) is 0 Å². The number of hydrogen-bond acceptors (Lipinski definition) is 1. The summed E-state index contributed by atoms with van der Waals surface area (Å²) in [7, 11) is 1.73. The second kappa shape index (κ2) is 7.16. The second-order valence-electron chi connectivity index (χ2n) is 4.57. The zero-order valence-electron chi connectivity index (χ0n) is 11.2. The second-order valence-corrected chi connectivity index (χ2v) is 6.36. The Morgan fingerprint density at radius 1 is 1.14 bits per heavy atom. The van der Waals surface area contributed by atoms with Crippen molar-refractivity contribution in [1.82, 2.24) is 4.90 Å². The number of carbonyl (C=O) groups excluding carboxylic acids is 1. The molecule has 0 spiro atoms. The lowest BCUT2D eigenvalue weighted by Gasteiger charge is -2.18. The van der Waals surface area contributed by atoms with Gasteiger partial charge in [-0.3, -0.25) is 0 Å². The van der Waals surface area contributed by atoms with Crippen molar-refractivity contribution < 1.29 is 4.79 Å². The van der Waals surface area contributed by atoms with Gasteiger partial charge in [0.1, 0.15) is 0 Å². The van der Waals surface area contributed by atoms with Crippen LogP contribution in [0.25, 0.3) is 0 Å². The number of nitrogens with one attached hydrogen (secondary N) is 1. The summed E-state index contributed by atoms with van der Waals surface area (Å²) < 4.78 is 1.01. The van der Waals surface area contributed by atoms with Gasteiger partial charge in [-0.15, -0.1) is 0 Å². The van der Waals surface area contributed by atoms with Crippen molar-refractivity contribution in [3.05, 3.63) is 62.5 Å². The predicted molar refractivity (Wildman–Crippen MR) is 91.1 cm³/mol. The van der Waals surface area contributed by atoms with Gasteiger partial charge in [-0.05, 0) is 35.9 Å². The number of carbonyl (C=O) groups is 1. The molecule has 2 aromatic carbocycles. The van der Waals surface area contributed by atoms with E-state index in [2.05, 4.69) is 21.2 Å². The highest BCUT2D eigenvalue weighted by atomic mass is 79.9. The highest BCUT2D eigenvalue weighted by Crippen LogP contribution is 2.22. The molecule has 0 heterocycles. The van der Waals surface area contributed by atoms with E-state index < -0.39 is 0 Å². The van der Waals surface area contributed by atoms with E-state index >= 15 is 0 Å². The molecule has 0 unspecified atom stereocenters. The Hall–Kier alpha value is -1.23. The molecule has 0 bridgehead atoms. The molecule has 2 aromatic rings. The molecule has 0 fully saturated rings. The maximum absolute atomic E-state index is 12.1. The standard InChI is InChI=1S/C15H13BrCl2N2O/c1-20(9-10-2-4-11(16)5-3-10)15(21)19-14-7-12(17)6-13(18)8-14/h2-8H,9H2,1H3,(H,19,21). The number of halogens is 3. The summed E-state index contributed by atoms with van der Waals surface area (Å²) in [5.41, 5.74) is 1.61. The van der Waals surface area contributed by atoms with Crippen LogP contribution < -0.4 is 5.32 Å². The summed E-state index contributed by atoms with van der Waals surface area (Å²) in [4.78, 5) is 13.7. The van der Waals surface area contributed by atoms with Gasteiger partial charge >= 0.3 is 6.03 Å². The third kappa shape index (κ3) is 4.92. The van der Waals surface area contributed by atoms with Crippen LogP contribution in [0.1, 0.15) is 5.56 Å². The molecule has 0 aliphatic heterocycles. The van der Waals surface area contributed by atoms with Gasteiger partial charge in [0.15, 0.2) is 0 Å². The Labute approximate surface area is 142 Å². The molecule has 3 nitrogen and oxygen atoms in total. The Kier molecular flexibility index (Phi) is 5.51. The zero-order chi connectivity index (χ0) is 15.4. The third-order valence-electron chi connectivity index (χ3n) is 2.79. The average Bonchev–Trinajstić information content (AvgIpc) is 2.40. The summed E-state index contributed by atoms with van der Waals surface area (Å²) in [6.07, 6.45) is 0. The van der Waals surface area contributed by atoms with Crippen LogP contribution in [-0.4, -0.2) is 18.0 Å². The number of amides is 2. The maximum atomic E-state index is 12.1. The Morgan fingerprint density at radius 2 is 1.71 bits per heavy atom. The fourth-order valence-electron chi connectivity index (χ4n) is 1.78. The van der Waals surface area contributed by atoms with Crippen molar-refractivity contribution in [2.45, 2.75) is 6.54 Å². The SMILES string of the molecule is CN(Cc1ccc(Br)cc1)C(=O)Nc1cc(Cl)cc(Cl)c1. The van der Waals surface area contributed by atoms with E-state index in [-0.39, 0.29) is 6.03 Å². The number of hydrogen-bond donors (Lipinski definition) is 1. The predicted octanol–water partition coefficient (Wildman–Crippen LogP) is 5.42. The lowest BCUT2D eigenvalue weighted by Crippen LogP contribution is -2.30. The van der Waals surface area contributed by atoms with Crippen molar-refractivity contribution in [2.24, 2.45) is 0 Å². The van der Waals surface area contributed by atoms with Crippen LogP contribution in [0.5, 0.6) is 0 Å². The first-order chi connectivity index (χ1) is 9.94. The molecule has 0 atom stereocenters. The number of benzene rings is 2. The minimum atomic E-state index is -0.226. The highest BCUT2D eigenvalue weighted by Gasteiger charge is 2.10. The highest BCUT2D eigenvalue weighted by molar-refractivity contribution is 9.10. The molecule has 0 saturated heterocycles.